The molecular formula is C52H76N8. The van der Waals surface area contributed by atoms with Crippen LogP contribution in [0.2, 0.25) is 0 Å². The lowest BCUT2D eigenvalue weighted by molar-refractivity contribution is 0.0743. The van der Waals surface area contributed by atoms with Gasteiger partial charge in [-0.2, -0.15) is 0 Å². The normalized spacial score (nSPS) is 30.1. The predicted molar refractivity (Wildman–Crippen MR) is 251 cm³/mol. The summed E-state index contributed by atoms with van der Waals surface area (Å²) in [6.07, 6.45) is 4.80. The van der Waals surface area contributed by atoms with Crippen molar-refractivity contribution in [3.63, 3.8) is 0 Å². The van der Waals surface area contributed by atoms with Crippen molar-refractivity contribution in [2.24, 2.45) is 0 Å². The van der Waals surface area contributed by atoms with Crippen LogP contribution in [-0.4, -0.2) is 172 Å². The SMILES string of the molecule is CN1CCC(c2ccccc2)N2CCN(C)CCC(c3ccccc3)N(CC1)CC2.CN1CCC(c2ccccc2)N2CCN(CCC(c3ccccc3)N(C)CC2)CC1. The lowest BCUT2D eigenvalue weighted by Gasteiger charge is -2.41. The van der Waals surface area contributed by atoms with E-state index in [0.29, 0.717) is 24.2 Å². The van der Waals surface area contributed by atoms with Gasteiger partial charge in [-0.1, -0.05) is 121 Å². The van der Waals surface area contributed by atoms with E-state index in [1.165, 1.54) is 67.6 Å². The van der Waals surface area contributed by atoms with Gasteiger partial charge in [0.15, 0.2) is 0 Å². The third-order valence-electron chi connectivity index (χ3n) is 14.1. The maximum absolute atomic E-state index is 2.76. The van der Waals surface area contributed by atoms with Gasteiger partial charge in [0.25, 0.3) is 0 Å². The number of hydrogen-bond donors (Lipinski definition) is 0. The summed E-state index contributed by atoms with van der Waals surface area (Å²) in [5, 5.41) is 0. The molecule has 4 saturated heterocycles. The minimum absolute atomic E-state index is 0.490. The Bertz CT molecular complexity index is 1640. The second kappa shape index (κ2) is 23.1. The van der Waals surface area contributed by atoms with Crippen LogP contribution in [0.5, 0.6) is 0 Å². The molecule has 0 spiro atoms. The van der Waals surface area contributed by atoms with Crippen LogP contribution in [0.1, 0.15) is 72.1 Å². The average Bonchev–Trinajstić information content (AvgIpc) is 3.29. The van der Waals surface area contributed by atoms with Gasteiger partial charge in [0.1, 0.15) is 0 Å². The first-order valence-corrected chi connectivity index (χ1v) is 23.3. The van der Waals surface area contributed by atoms with Crippen LogP contribution >= 0.6 is 0 Å². The van der Waals surface area contributed by atoms with Gasteiger partial charge in [-0.05, 0) is 95.8 Å². The van der Waals surface area contributed by atoms with E-state index in [0.717, 1.165) is 85.1 Å². The Balaban J connectivity index is 0.000000181. The topological polar surface area (TPSA) is 25.9 Å². The summed E-state index contributed by atoms with van der Waals surface area (Å²) >= 11 is 0. The Kier molecular flexibility index (Phi) is 17.2. The summed E-state index contributed by atoms with van der Waals surface area (Å²) in [6.45, 7) is 18.4. The van der Waals surface area contributed by atoms with E-state index < -0.39 is 0 Å². The zero-order valence-electron chi connectivity index (χ0n) is 37.6. The summed E-state index contributed by atoms with van der Waals surface area (Å²) in [6, 6.07) is 46.6. The van der Waals surface area contributed by atoms with Crippen molar-refractivity contribution in [3.8, 4) is 0 Å². The van der Waals surface area contributed by atoms with Crippen LogP contribution in [0.25, 0.3) is 0 Å². The number of benzene rings is 4. The van der Waals surface area contributed by atoms with Gasteiger partial charge in [0.2, 0.25) is 0 Å². The Morgan fingerprint density at radius 1 is 0.283 bits per heavy atom. The lowest BCUT2D eigenvalue weighted by atomic mass is 9.99. The second-order valence-corrected chi connectivity index (χ2v) is 18.2. The Morgan fingerprint density at radius 2 is 0.567 bits per heavy atom. The molecule has 8 nitrogen and oxygen atoms in total. The quantitative estimate of drug-likeness (QED) is 0.210. The first-order chi connectivity index (χ1) is 29.4. The molecule has 0 saturated carbocycles. The van der Waals surface area contributed by atoms with Gasteiger partial charge in [-0.25, -0.2) is 0 Å². The second-order valence-electron chi connectivity index (χ2n) is 18.2. The summed E-state index contributed by atoms with van der Waals surface area (Å²) in [7, 11) is 9.20. The highest BCUT2D eigenvalue weighted by molar-refractivity contribution is 5.22. The smallest absolute Gasteiger partial charge is 0.0361 e. The van der Waals surface area contributed by atoms with Crippen LogP contribution in [0.4, 0.5) is 0 Å². The number of hydrogen-bond acceptors (Lipinski definition) is 8. The molecule has 0 aliphatic carbocycles. The molecule has 8 heteroatoms. The summed E-state index contributed by atoms with van der Waals surface area (Å²) in [4.78, 5) is 21.2. The van der Waals surface area contributed by atoms with E-state index in [2.05, 4.69) is 189 Å². The molecule has 0 amide bonds. The molecule has 324 valence electrons. The lowest BCUT2D eigenvalue weighted by Crippen LogP contribution is -2.47. The Morgan fingerprint density at radius 3 is 0.967 bits per heavy atom. The van der Waals surface area contributed by atoms with Crippen LogP contribution in [0, 0.1) is 0 Å². The fraction of sp³-hybridized carbons (Fsp3) is 0.538. The summed E-state index contributed by atoms with van der Waals surface area (Å²) in [5.74, 6) is 0. The minimum Gasteiger partial charge on any atom is -0.305 e. The monoisotopic (exact) mass is 813 g/mol. The maximum atomic E-state index is 2.76. The van der Waals surface area contributed by atoms with Crippen molar-refractivity contribution >= 4 is 0 Å². The Hall–Kier alpha value is -3.44. The average molecular weight is 813 g/mol. The molecule has 8 unspecified atom stereocenters. The molecular weight excluding hydrogens is 737 g/mol. The molecule has 4 fully saturated rings. The molecule has 4 aliphatic rings. The highest BCUT2D eigenvalue weighted by Gasteiger charge is 2.29. The largest absolute Gasteiger partial charge is 0.305 e. The van der Waals surface area contributed by atoms with E-state index in [1.54, 1.807) is 0 Å². The molecule has 4 aliphatic heterocycles. The van der Waals surface area contributed by atoms with E-state index in [4.69, 9.17) is 0 Å². The van der Waals surface area contributed by atoms with Gasteiger partial charge in [0, 0.05) is 109 Å². The van der Waals surface area contributed by atoms with E-state index >= 15 is 0 Å². The van der Waals surface area contributed by atoms with Crippen LogP contribution in [0.3, 0.4) is 0 Å². The van der Waals surface area contributed by atoms with Gasteiger partial charge in [-0.15, -0.1) is 0 Å². The zero-order valence-corrected chi connectivity index (χ0v) is 37.6. The van der Waals surface area contributed by atoms with Crippen molar-refractivity contribution in [3.05, 3.63) is 144 Å². The number of likely N-dealkylation sites (N-methyl/N-ethyl adjacent to an activating group) is 4. The minimum atomic E-state index is 0.490. The molecule has 0 radical (unpaired) electrons. The van der Waals surface area contributed by atoms with Crippen molar-refractivity contribution in [2.45, 2.75) is 49.9 Å². The Labute approximate surface area is 364 Å². The molecule has 4 aromatic rings. The van der Waals surface area contributed by atoms with Crippen molar-refractivity contribution < 1.29 is 0 Å². The summed E-state index contributed by atoms with van der Waals surface area (Å²) in [5.41, 5.74) is 5.86. The fourth-order valence-corrected chi connectivity index (χ4v) is 10.2. The van der Waals surface area contributed by atoms with E-state index in [-0.39, 0.29) is 0 Å². The van der Waals surface area contributed by atoms with Crippen LogP contribution in [0.15, 0.2) is 121 Å². The van der Waals surface area contributed by atoms with Gasteiger partial charge >= 0.3 is 0 Å². The molecule has 60 heavy (non-hydrogen) atoms. The fourth-order valence-electron chi connectivity index (χ4n) is 10.2. The van der Waals surface area contributed by atoms with Crippen LogP contribution in [-0.2, 0) is 0 Å². The number of fused-ring (bicyclic) bond motifs is 6. The van der Waals surface area contributed by atoms with E-state index in [1.807, 2.05) is 0 Å². The third kappa shape index (κ3) is 12.8. The van der Waals surface area contributed by atoms with Crippen LogP contribution < -0.4 is 0 Å². The van der Waals surface area contributed by atoms with Gasteiger partial charge in [0.05, 0.1) is 0 Å². The highest BCUT2D eigenvalue weighted by Crippen LogP contribution is 2.31. The van der Waals surface area contributed by atoms with Gasteiger partial charge in [-0.3, -0.25) is 19.6 Å². The molecule has 0 N–H and O–H groups in total. The number of rotatable bonds is 4. The predicted octanol–water partition coefficient (Wildman–Crippen LogP) is 7.49. The standard InChI is InChI=1S/2C26H38N4/c1-27-15-13-26(24-11-7-4-8-12-24)30-21-18-28(2)25(23-9-5-3-6-10-23)14-16-29(19-17-27)20-22-30;1-27-15-13-25(23-9-5-3-6-10-23)30-20-18-28(2)16-14-26(24-11-7-4-8-12-24)29(19-17-27)21-22-30/h2*3-12,25-26H,13-22H2,1-2H3. The third-order valence-corrected chi connectivity index (χ3v) is 14.1. The van der Waals surface area contributed by atoms with Gasteiger partial charge < -0.3 is 19.6 Å². The highest BCUT2D eigenvalue weighted by atomic mass is 15.3. The molecule has 4 heterocycles. The molecule has 8 atom stereocenters. The molecule has 4 aromatic carbocycles. The molecule has 8 rings (SSSR count). The molecule has 4 bridgehead atoms. The first kappa shape index (κ1) is 44.6. The van der Waals surface area contributed by atoms with Crippen molar-refractivity contribution in [1.29, 1.82) is 0 Å². The van der Waals surface area contributed by atoms with Crippen molar-refractivity contribution in [2.75, 3.05) is 133 Å². The van der Waals surface area contributed by atoms with Crippen molar-refractivity contribution in [1.82, 2.24) is 39.2 Å². The number of nitrogens with zero attached hydrogens (tertiary/aromatic N) is 8. The summed E-state index contributed by atoms with van der Waals surface area (Å²) < 4.78 is 0. The first-order valence-electron chi connectivity index (χ1n) is 23.3. The molecule has 0 aromatic heterocycles. The zero-order chi connectivity index (χ0) is 41.5. The van der Waals surface area contributed by atoms with E-state index in [9.17, 15) is 0 Å². The maximum Gasteiger partial charge on any atom is 0.0361 e.